The Kier molecular flexibility index (Phi) is 2.82. The van der Waals surface area contributed by atoms with Gasteiger partial charge < -0.3 is 9.73 Å². The van der Waals surface area contributed by atoms with E-state index in [-0.39, 0.29) is 0 Å². The van der Waals surface area contributed by atoms with Gasteiger partial charge in [-0.15, -0.1) is 0 Å². The minimum atomic E-state index is 0.449. The van der Waals surface area contributed by atoms with E-state index in [4.69, 9.17) is 16.0 Å². The molecule has 78 valence electrons. The SMILES string of the molecule is Cc1cnc(CNc2ncncc2Cl)o1. The maximum absolute atomic E-state index is 5.86. The summed E-state index contributed by atoms with van der Waals surface area (Å²) in [6.07, 6.45) is 4.62. The number of nitrogens with one attached hydrogen (secondary N) is 1. The average Bonchev–Trinajstić information content (AvgIpc) is 2.63. The molecule has 0 aliphatic rings. The maximum Gasteiger partial charge on any atom is 0.213 e. The van der Waals surface area contributed by atoms with Gasteiger partial charge in [0, 0.05) is 0 Å². The van der Waals surface area contributed by atoms with E-state index in [1.807, 2.05) is 6.92 Å². The van der Waals surface area contributed by atoms with Gasteiger partial charge in [-0.1, -0.05) is 11.6 Å². The van der Waals surface area contributed by atoms with Crippen LogP contribution in [0.3, 0.4) is 0 Å². The lowest BCUT2D eigenvalue weighted by atomic mass is 10.5. The van der Waals surface area contributed by atoms with Crippen molar-refractivity contribution in [3.8, 4) is 0 Å². The molecule has 0 unspecified atom stereocenters. The summed E-state index contributed by atoms with van der Waals surface area (Å²) >= 11 is 5.86. The molecule has 0 saturated heterocycles. The van der Waals surface area contributed by atoms with Gasteiger partial charge in [0.2, 0.25) is 5.89 Å². The first kappa shape index (κ1) is 9.92. The molecule has 2 aromatic heterocycles. The van der Waals surface area contributed by atoms with Gasteiger partial charge in [0.25, 0.3) is 0 Å². The fourth-order valence-electron chi connectivity index (χ4n) is 1.09. The Morgan fingerprint density at radius 3 is 2.93 bits per heavy atom. The standard InChI is InChI=1S/C9H9ClN4O/c1-6-2-12-8(15-6)4-13-9-7(10)3-11-5-14-9/h2-3,5H,4H2,1H3,(H,11,13,14). The fourth-order valence-corrected chi connectivity index (χ4v) is 1.26. The molecule has 0 aromatic carbocycles. The molecule has 0 aliphatic heterocycles. The number of rotatable bonds is 3. The smallest absolute Gasteiger partial charge is 0.213 e. The van der Waals surface area contributed by atoms with Crippen LogP contribution in [0.5, 0.6) is 0 Å². The number of nitrogens with zero attached hydrogens (tertiary/aromatic N) is 3. The van der Waals surface area contributed by atoms with E-state index in [1.54, 1.807) is 6.20 Å². The van der Waals surface area contributed by atoms with Gasteiger partial charge in [0.05, 0.1) is 18.9 Å². The van der Waals surface area contributed by atoms with Crippen LogP contribution in [0.25, 0.3) is 0 Å². The quantitative estimate of drug-likeness (QED) is 0.864. The third-order valence-electron chi connectivity index (χ3n) is 1.74. The second-order valence-corrected chi connectivity index (χ2v) is 3.34. The van der Waals surface area contributed by atoms with Crippen molar-refractivity contribution in [1.29, 1.82) is 0 Å². The van der Waals surface area contributed by atoms with E-state index < -0.39 is 0 Å². The maximum atomic E-state index is 5.86. The van der Waals surface area contributed by atoms with Gasteiger partial charge in [-0.25, -0.2) is 15.0 Å². The number of oxazole rings is 1. The summed E-state index contributed by atoms with van der Waals surface area (Å²) in [6.45, 7) is 2.29. The molecule has 2 heterocycles. The summed E-state index contributed by atoms with van der Waals surface area (Å²) in [4.78, 5) is 11.8. The number of hydrogen-bond donors (Lipinski definition) is 1. The number of aromatic nitrogens is 3. The molecule has 6 heteroatoms. The van der Waals surface area contributed by atoms with E-state index in [0.29, 0.717) is 23.3 Å². The Balaban J connectivity index is 2.02. The van der Waals surface area contributed by atoms with E-state index in [1.165, 1.54) is 12.5 Å². The van der Waals surface area contributed by atoms with E-state index in [9.17, 15) is 0 Å². The summed E-state index contributed by atoms with van der Waals surface area (Å²) in [6, 6.07) is 0. The van der Waals surface area contributed by atoms with Crippen molar-refractivity contribution in [1.82, 2.24) is 15.0 Å². The minimum absolute atomic E-state index is 0.449. The summed E-state index contributed by atoms with van der Waals surface area (Å²) in [5, 5.41) is 3.48. The van der Waals surface area contributed by atoms with Crippen LogP contribution in [0.2, 0.25) is 5.02 Å². The van der Waals surface area contributed by atoms with Crippen LogP contribution in [0.4, 0.5) is 5.82 Å². The van der Waals surface area contributed by atoms with Crippen molar-refractivity contribution in [3.05, 3.63) is 35.4 Å². The Morgan fingerprint density at radius 2 is 2.27 bits per heavy atom. The summed E-state index contributed by atoms with van der Waals surface area (Å²) in [5.74, 6) is 1.95. The monoisotopic (exact) mass is 224 g/mol. The number of halogens is 1. The van der Waals surface area contributed by atoms with Crippen molar-refractivity contribution >= 4 is 17.4 Å². The average molecular weight is 225 g/mol. The van der Waals surface area contributed by atoms with Gasteiger partial charge in [-0.05, 0) is 6.92 Å². The third-order valence-corrected chi connectivity index (χ3v) is 2.02. The molecule has 1 N–H and O–H groups in total. The minimum Gasteiger partial charge on any atom is -0.444 e. The highest BCUT2D eigenvalue weighted by atomic mass is 35.5. The molecule has 0 radical (unpaired) electrons. The largest absolute Gasteiger partial charge is 0.444 e. The first-order chi connectivity index (χ1) is 7.25. The Labute approximate surface area is 91.5 Å². The second kappa shape index (κ2) is 4.27. The van der Waals surface area contributed by atoms with Crippen molar-refractivity contribution in [3.63, 3.8) is 0 Å². The van der Waals surface area contributed by atoms with Gasteiger partial charge in [0.1, 0.15) is 22.9 Å². The molecular formula is C9H9ClN4O. The lowest BCUT2D eigenvalue weighted by molar-refractivity contribution is 0.479. The normalized spacial score (nSPS) is 10.3. The molecule has 2 aromatic rings. The van der Waals surface area contributed by atoms with Crippen molar-refractivity contribution in [2.75, 3.05) is 5.32 Å². The first-order valence-electron chi connectivity index (χ1n) is 4.36. The summed E-state index contributed by atoms with van der Waals surface area (Å²) < 4.78 is 5.28. The first-order valence-corrected chi connectivity index (χ1v) is 4.74. The molecular weight excluding hydrogens is 216 g/mol. The number of anilines is 1. The van der Waals surface area contributed by atoms with Gasteiger partial charge >= 0.3 is 0 Å². The van der Waals surface area contributed by atoms with Crippen LogP contribution in [0.1, 0.15) is 11.7 Å². The Morgan fingerprint density at radius 1 is 1.40 bits per heavy atom. The van der Waals surface area contributed by atoms with Crippen LogP contribution in [-0.4, -0.2) is 15.0 Å². The Bertz CT molecular complexity index is 457. The molecule has 15 heavy (non-hydrogen) atoms. The zero-order chi connectivity index (χ0) is 10.7. The summed E-state index contributed by atoms with van der Waals surface area (Å²) in [5.41, 5.74) is 0. The van der Waals surface area contributed by atoms with Gasteiger partial charge in [0.15, 0.2) is 0 Å². The highest BCUT2D eigenvalue weighted by Gasteiger charge is 2.03. The predicted octanol–water partition coefficient (Wildman–Crippen LogP) is 2.04. The zero-order valence-corrected chi connectivity index (χ0v) is 8.82. The highest BCUT2D eigenvalue weighted by Crippen LogP contribution is 2.16. The Hall–Kier alpha value is -1.62. The van der Waals surface area contributed by atoms with Gasteiger partial charge in [-0.2, -0.15) is 0 Å². The molecule has 0 spiro atoms. The van der Waals surface area contributed by atoms with Gasteiger partial charge in [-0.3, -0.25) is 0 Å². The zero-order valence-electron chi connectivity index (χ0n) is 8.07. The summed E-state index contributed by atoms with van der Waals surface area (Å²) in [7, 11) is 0. The third kappa shape index (κ3) is 2.44. The molecule has 0 aliphatic carbocycles. The van der Waals surface area contributed by atoms with Crippen LogP contribution in [0.15, 0.2) is 23.1 Å². The lowest BCUT2D eigenvalue weighted by Gasteiger charge is -2.03. The predicted molar refractivity (Wildman–Crippen MR) is 55.6 cm³/mol. The van der Waals surface area contributed by atoms with Crippen LogP contribution >= 0.6 is 11.6 Å². The molecule has 2 rings (SSSR count). The highest BCUT2D eigenvalue weighted by molar-refractivity contribution is 6.32. The number of hydrogen-bond acceptors (Lipinski definition) is 5. The molecule has 0 fully saturated rings. The van der Waals surface area contributed by atoms with E-state index in [2.05, 4.69) is 20.3 Å². The molecule has 0 bridgehead atoms. The van der Waals surface area contributed by atoms with E-state index >= 15 is 0 Å². The van der Waals surface area contributed by atoms with Crippen LogP contribution < -0.4 is 5.32 Å². The molecule has 0 amide bonds. The molecule has 0 saturated carbocycles. The molecule has 5 nitrogen and oxygen atoms in total. The van der Waals surface area contributed by atoms with Crippen molar-refractivity contribution < 1.29 is 4.42 Å². The second-order valence-electron chi connectivity index (χ2n) is 2.94. The lowest BCUT2D eigenvalue weighted by Crippen LogP contribution is -2.02. The fraction of sp³-hybridized carbons (Fsp3) is 0.222. The van der Waals surface area contributed by atoms with E-state index in [0.717, 1.165) is 5.76 Å². The molecule has 0 atom stereocenters. The van der Waals surface area contributed by atoms with Crippen LogP contribution in [0, 0.1) is 6.92 Å². The van der Waals surface area contributed by atoms with Crippen LogP contribution in [-0.2, 0) is 6.54 Å². The van der Waals surface area contributed by atoms with Crippen molar-refractivity contribution in [2.24, 2.45) is 0 Å². The van der Waals surface area contributed by atoms with Crippen molar-refractivity contribution in [2.45, 2.75) is 13.5 Å². The number of aryl methyl sites for hydroxylation is 1. The topological polar surface area (TPSA) is 63.8 Å².